The summed E-state index contributed by atoms with van der Waals surface area (Å²) in [6.45, 7) is 4.96. The standard InChI is InChI=1S/C30H39N3O8/c1-8-16(2)27(30(37)31-15-25(36)39-5)33-22-12-10-19-20(14-23(22)35)21(32-17(3)34)11-9-18-13-24(38-4)28(40-6)29(41-7)26(18)19/h10,12-14,16,21,27H,8-9,11,15H2,1-7H3,(H,31,37)(H,32,34)(H,33,35). The van der Waals surface area contributed by atoms with Crippen molar-refractivity contribution in [3.05, 3.63) is 45.6 Å². The number of anilines is 1. The van der Waals surface area contributed by atoms with Gasteiger partial charge in [0.05, 0.1) is 40.2 Å². The maximum absolute atomic E-state index is 13.6. The van der Waals surface area contributed by atoms with E-state index in [-0.39, 0.29) is 29.5 Å². The van der Waals surface area contributed by atoms with Crippen molar-refractivity contribution < 1.29 is 33.3 Å². The van der Waals surface area contributed by atoms with Crippen molar-refractivity contribution in [1.29, 1.82) is 0 Å². The molecule has 0 bridgehead atoms. The van der Waals surface area contributed by atoms with E-state index in [2.05, 4.69) is 20.7 Å². The third kappa shape index (κ3) is 6.90. The van der Waals surface area contributed by atoms with Crippen LogP contribution in [0.2, 0.25) is 0 Å². The molecule has 3 unspecified atom stereocenters. The molecule has 0 heterocycles. The molecule has 222 valence electrons. The van der Waals surface area contributed by atoms with Gasteiger partial charge in [-0.25, -0.2) is 0 Å². The summed E-state index contributed by atoms with van der Waals surface area (Å²) in [5, 5.41) is 8.66. The lowest BCUT2D eigenvalue weighted by Gasteiger charge is -2.23. The molecule has 0 saturated heterocycles. The zero-order chi connectivity index (χ0) is 30.3. The maximum atomic E-state index is 13.6. The summed E-state index contributed by atoms with van der Waals surface area (Å²) < 4.78 is 21.6. The largest absolute Gasteiger partial charge is 0.493 e. The number of hydrogen-bond donors (Lipinski definition) is 3. The van der Waals surface area contributed by atoms with Gasteiger partial charge >= 0.3 is 5.97 Å². The van der Waals surface area contributed by atoms with Crippen LogP contribution in [0.25, 0.3) is 11.1 Å². The van der Waals surface area contributed by atoms with E-state index >= 15 is 0 Å². The highest BCUT2D eigenvalue weighted by molar-refractivity contribution is 5.88. The van der Waals surface area contributed by atoms with Crippen LogP contribution in [0.15, 0.2) is 29.1 Å². The molecule has 2 amide bonds. The van der Waals surface area contributed by atoms with E-state index in [1.165, 1.54) is 34.3 Å². The van der Waals surface area contributed by atoms with E-state index in [0.717, 1.165) is 11.1 Å². The van der Waals surface area contributed by atoms with E-state index in [1.54, 1.807) is 19.2 Å². The normalized spacial score (nSPS) is 15.1. The second-order valence-corrected chi connectivity index (χ2v) is 9.90. The minimum Gasteiger partial charge on any atom is -0.493 e. The maximum Gasteiger partial charge on any atom is 0.325 e. The molecule has 2 aromatic rings. The Bertz CT molecular complexity index is 1360. The Morgan fingerprint density at radius 2 is 1.73 bits per heavy atom. The van der Waals surface area contributed by atoms with Crippen LogP contribution in [-0.4, -0.2) is 58.8 Å². The highest BCUT2D eigenvalue weighted by atomic mass is 16.5. The summed E-state index contributed by atoms with van der Waals surface area (Å²) in [6.07, 6.45) is 1.74. The number of rotatable bonds is 11. The number of hydrogen-bond acceptors (Lipinski definition) is 9. The molecule has 11 heteroatoms. The van der Waals surface area contributed by atoms with Gasteiger partial charge in [-0.15, -0.1) is 0 Å². The average molecular weight is 570 g/mol. The summed E-state index contributed by atoms with van der Waals surface area (Å²) in [5.41, 5.74) is 2.75. The number of fused-ring (bicyclic) bond motifs is 3. The Hall–Kier alpha value is -4.28. The second kappa shape index (κ2) is 13.9. The molecule has 0 fully saturated rings. The molecule has 0 aromatic heterocycles. The van der Waals surface area contributed by atoms with Gasteiger partial charge in [-0.05, 0) is 53.6 Å². The van der Waals surface area contributed by atoms with Gasteiger partial charge < -0.3 is 34.9 Å². The molecule has 1 aliphatic carbocycles. The molecule has 0 aliphatic heterocycles. The first-order valence-corrected chi connectivity index (χ1v) is 13.5. The Labute approximate surface area is 239 Å². The van der Waals surface area contributed by atoms with Crippen molar-refractivity contribution in [2.75, 3.05) is 40.3 Å². The molecule has 3 atom stereocenters. The zero-order valence-corrected chi connectivity index (χ0v) is 24.6. The number of aryl methyl sites for hydroxylation is 1. The van der Waals surface area contributed by atoms with Gasteiger partial charge in [0, 0.05) is 12.5 Å². The van der Waals surface area contributed by atoms with Crippen LogP contribution < -0.4 is 35.6 Å². The first-order valence-electron chi connectivity index (χ1n) is 13.5. The van der Waals surface area contributed by atoms with Crippen molar-refractivity contribution in [1.82, 2.24) is 10.6 Å². The Kier molecular flexibility index (Phi) is 10.6. The smallest absolute Gasteiger partial charge is 0.325 e. The Balaban J connectivity index is 2.21. The van der Waals surface area contributed by atoms with Crippen LogP contribution in [0, 0.1) is 5.92 Å². The molecule has 0 saturated carbocycles. The topological polar surface area (TPSA) is 141 Å². The first-order chi connectivity index (χ1) is 19.6. The molecule has 0 spiro atoms. The fourth-order valence-electron chi connectivity index (χ4n) is 5.04. The van der Waals surface area contributed by atoms with Crippen molar-refractivity contribution in [3.63, 3.8) is 0 Å². The molecule has 0 radical (unpaired) electrons. The lowest BCUT2D eigenvalue weighted by molar-refractivity contribution is -0.141. The van der Waals surface area contributed by atoms with Crippen molar-refractivity contribution in [2.24, 2.45) is 5.92 Å². The molecular weight excluding hydrogens is 530 g/mol. The Morgan fingerprint density at radius 1 is 1.02 bits per heavy atom. The molecule has 1 aliphatic rings. The van der Waals surface area contributed by atoms with Gasteiger partial charge in [0.15, 0.2) is 11.5 Å². The number of ether oxygens (including phenoxy) is 4. The van der Waals surface area contributed by atoms with Crippen LogP contribution in [-0.2, 0) is 25.5 Å². The fourth-order valence-corrected chi connectivity index (χ4v) is 5.04. The lowest BCUT2D eigenvalue weighted by atomic mass is 9.95. The van der Waals surface area contributed by atoms with E-state index in [4.69, 9.17) is 14.2 Å². The number of carbonyl (C=O) groups excluding carboxylic acids is 3. The van der Waals surface area contributed by atoms with Crippen LogP contribution in [0.3, 0.4) is 0 Å². The number of benzene rings is 1. The third-order valence-corrected chi connectivity index (χ3v) is 7.36. The first kappa shape index (κ1) is 31.3. The van der Waals surface area contributed by atoms with Crippen molar-refractivity contribution in [2.45, 2.75) is 52.1 Å². The zero-order valence-electron chi connectivity index (χ0n) is 24.6. The van der Waals surface area contributed by atoms with E-state index in [1.807, 2.05) is 19.9 Å². The SMILES string of the molecule is CCC(C)C(Nc1ccc2c(cc1=O)C(NC(C)=O)CCc1cc(OC)c(OC)c(OC)c1-2)C(=O)NCC(=O)OC. The van der Waals surface area contributed by atoms with E-state index in [9.17, 15) is 19.2 Å². The van der Waals surface area contributed by atoms with E-state index in [0.29, 0.717) is 47.6 Å². The number of carbonyl (C=O) groups is 3. The molecule has 3 rings (SSSR count). The number of methoxy groups -OCH3 is 4. The third-order valence-electron chi connectivity index (χ3n) is 7.36. The average Bonchev–Trinajstić information content (AvgIpc) is 3.20. The molecule has 2 aromatic carbocycles. The summed E-state index contributed by atoms with van der Waals surface area (Å²) in [5.74, 6) is -0.0560. The highest BCUT2D eigenvalue weighted by Crippen LogP contribution is 2.50. The summed E-state index contributed by atoms with van der Waals surface area (Å²) in [4.78, 5) is 50.5. The monoisotopic (exact) mass is 569 g/mol. The van der Waals surface area contributed by atoms with Crippen molar-refractivity contribution in [3.8, 4) is 28.4 Å². The molecule has 11 nitrogen and oxygen atoms in total. The predicted molar refractivity (Wildman–Crippen MR) is 155 cm³/mol. The fraction of sp³-hybridized carbons (Fsp3) is 0.467. The summed E-state index contributed by atoms with van der Waals surface area (Å²) in [6, 6.07) is 5.53. The lowest BCUT2D eigenvalue weighted by Crippen LogP contribution is -2.46. The molecular formula is C30H39N3O8. The van der Waals surface area contributed by atoms with Gasteiger partial charge in [0.2, 0.25) is 23.0 Å². The minimum absolute atomic E-state index is 0.167. The van der Waals surface area contributed by atoms with Gasteiger partial charge in [-0.1, -0.05) is 26.3 Å². The van der Waals surface area contributed by atoms with Gasteiger partial charge in [-0.3, -0.25) is 19.2 Å². The number of nitrogens with one attached hydrogen (secondary N) is 3. The second-order valence-electron chi connectivity index (χ2n) is 9.90. The minimum atomic E-state index is -0.795. The van der Waals surface area contributed by atoms with Gasteiger partial charge in [-0.2, -0.15) is 0 Å². The van der Waals surface area contributed by atoms with Crippen molar-refractivity contribution >= 4 is 23.5 Å². The van der Waals surface area contributed by atoms with Gasteiger partial charge in [0.1, 0.15) is 12.6 Å². The predicted octanol–water partition coefficient (Wildman–Crippen LogP) is 2.98. The molecule has 41 heavy (non-hydrogen) atoms. The summed E-state index contributed by atoms with van der Waals surface area (Å²) >= 11 is 0. The van der Waals surface area contributed by atoms with Crippen LogP contribution in [0.5, 0.6) is 17.2 Å². The van der Waals surface area contributed by atoms with Gasteiger partial charge in [0.25, 0.3) is 0 Å². The Morgan fingerprint density at radius 3 is 2.32 bits per heavy atom. The highest BCUT2D eigenvalue weighted by Gasteiger charge is 2.30. The number of esters is 1. The van der Waals surface area contributed by atoms with Crippen LogP contribution in [0.1, 0.15) is 50.8 Å². The quantitative estimate of drug-likeness (QED) is 0.348. The van der Waals surface area contributed by atoms with Crippen LogP contribution in [0.4, 0.5) is 5.69 Å². The van der Waals surface area contributed by atoms with E-state index < -0.39 is 24.0 Å². The number of amides is 2. The summed E-state index contributed by atoms with van der Waals surface area (Å²) in [7, 11) is 5.84. The molecule has 3 N–H and O–H groups in total. The van der Waals surface area contributed by atoms with Crippen LogP contribution >= 0.6 is 0 Å².